The topological polar surface area (TPSA) is 60.4 Å². The third kappa shape index (κ3) is 5.13. The molecule has 78 valence electrons. The lowest BCUT2D eigenvalue weighted by Gasteiger charge is -2.05. The second kappa shape index (κ2) is 6.88. The van der Waals surface area contributed by atoms with Gasteiger partial charge in [0.2, 0.25) is 5.91 Å². The van der Waals surface area contributed by atoms with Crippen molar-refractivity contribution >= 4 is 11.9 Å². The lowest BCUT2D eigenvalue weighted by Crippen LogP contribution is -2.20. The minimum absolute atomic E-state index is 0.0556. The van der Waals surface area contributed by atoms with Gasteiger partial charge in [-0.05, 0) is 12.6 Å². The molecule has 0 bridgehead atoms. The first-order chi connectivity index (χ1) is 6.61. The molecule has 0 N–H and O–H groups in total. The number of carbonyl (C=O) groups excluding carboxylic acids is 2. The summed E-state index contributed by atoms with van der Waals surface area (Å²) < 4.78 is 0. The summed E-state index contributed by atoms with van der Waals surface area (Å²) in [6, 6.07) is 0. The number of aliphatic carboxylic acids is 1. The van der Waals surface area contributed by atoms with Gasteiger partial charge in [0.05, 0.1) is 0 Å². The Labute approximate surface area is 83.5 Å². The van der Waals surface area contributed by atoms with E-state index in [0.717, 1.165) is 13.0 Å². The van der Waals surface area contributed by atoms with E-state index in [2.05, 4.69) is 13.2 Å². The zero-order chi connectivity index (χ0) is 11.0. The van der Waals surface area contributed by atoms with Crippen molar-refractivity contribution in [2.75, 3.05) is 6.54 Å². The van der Waals surface area contributed by atoms with Gasteiger partial charge in [-0.3, -0.25) is 4.79 Å². The van der Waals surface area contributed by atoms with Crippen LogP contribution in [-0.4, -0.2) is 23.3 Å². The van der Waals surface area contributed by atoms with Crippen LogP contribution in [0.2, 0.25) is 0 Å². The molecular weight excluding hydrogens is 182 g/mol. The summed E-state index contributed by atoms with van der Waals surface area (Å²) in [7, 11) is 0. The number of carboxylic acid groups (broad SMARTS) is 1. The van der Waals surface area contributed by atoms with Crippen LogP contribution >= 0.6 is 0 Å². The third-order valence-corrected chi connectivity index (χ3v) is 1.64. The molecule has 1 aliphatic heterocycles. The molecule has 0 atom stereocenters. The number of hydrogen-bond donors (Lipinski definition) is 0. The van der Waals surface area contributed by atoms with E-state index in [4.69, 9.17) is 0 Å². The van der Waals surface area contributed by atoms with Gasteiger partial charge in [-0.15, -0.1) is 6.58 Å². The zero-order valence-electron chi connectivity index (χ0n) is 8.07. The highest BCUT2D eigenvalue weighted by Gasteiger charge is 2.15. The summed E-state index contributed by atoms with van der Waals surface area (Å²) in [4.78, 5) is 21.7. The first-order valence-electron chi connectivity index (χ1n) is 4.34. The van der Waals surface area contributed by atoms with E-state index in [-0.39, 0.29) is 12.3 Å². The van der Waals surface area contributed by atoms with Gasteiger partial charge in [0, 0.05) is 25.4 Å². The van der Waals surface area contributed by atoms with E-state index in [1.807, 2.05) is 0 Å². The van der Waals surface area contributed by atoms with Crippen LogP contribution in [0.4, 0.5) is 0 Å². The molecule has 4 heteroatoms. The number of carboxylic acids is 1. The van der Waals surface area contributed by atoms with E-state index in [0.29, 0.717) is 6.42 Å². The molecule has 0 spiro atoms. The molecule has 0 radical (unpaired) electrons. The Hall–Kier alpha value is -1.58. The van der Waals surface area contributed by atoms with E-state index >= 15 is 0 Å². The molecule has 1 fully saturated rings. The van der Waals surface area contributed by atoms with Gasteiger partial charge in [-0.25, -0.2) is 0 Å². The van der Waals surface area contributed by atoms with E-state index in [1.165, 1.54) is 6.08 Å². The fourth-order valence-electron chi connectivity index (χ4n) is 0.980. The van der Waals surface area contributed by atoms with Crippen molar-refractivity contribution in [3.8, 4) is 0 Å². The highest BCUT2D eigenvalue weighted by Crippen LogP contribution is 2.08. The van der Waals surface area contributed by atoms with Crippen LogP contribution in [0.5, 0.6) is 0 Å². The Kier molecular flexibility index (Phi) is 6.11. The number of likely N-dealkylation sites (tertiary alicyclic amines) is 1. The number of hydrogen-bond acceptors (Lipinski definition) is 3. The van der Waals surface area contributed by atoms with Gasteiger partial charge in [-0.2, -0.15) is 0 Å². The number of rotatable bonds is 3. The van der Waals surface area contributed by atoms with Crippen molar-refractivity contribution in [2.45, 2.75) is 19.3 Å². The predicted molar refractivity (Wildman–Crippen MR) is 51.0 cm³/mol. The Morgan fingerprint density at radius 3 is 2.36 bits per heavy atom. The number of carbonyl (C=O) groups is 2. The maximum absolute atomic E-state index is 10.7. The molecule has 0 aromatic carbocycles. The predicted octanol–water partition coefficient (Wildman–Crippen LogP) is 0.0647. The molecule has 1 heterocycles. The van der Waals surface area contributed by atoms with Gasteiger partial charge in [0.25, 0.3) is 0 Å². The maximum Gasteiger partial charge on any atom is 0.226 e. The van der Waals surface area contributed by atoms with Crippen molar-refractivity contribution in [3.63, 3.8) is 0 Å². The van der Waals surface area contributed by atoms with Crippen molar-refractivity contribution in [2.24, 2.45) is 0 Å². The first-order valence-corrected chi connectivity index (χ1v) is 4.34. The highest BCUT2D eigenvalue weighted by molar-refractivity contribution is 5.78. The first kappa shape index (κ1) is 12.4. The monoisotopic (exact) mass is 196 g/mol. The molecule has 0 saturated carbocycles. The molecule has 14 heavy (non-hydrogen) atoms. The summed E-state index contributed by atoms with van der Waals surface area (Å²) in [5.41, 5.74) is 0. The van der Waals surface area contributed by atoms with Crippen LogP contribution in [-0.2, 0) is 9.59 Å². The minimum Gasteiger partial charge on any atom is -0.550 e. The molecule has 0 aromatic heterocycles. The fourth-order valence-corrected chi connectivity index (χ4v) is 0.980. The number of nitrogens with zero attached hydrogens (tertiary/aromatic N) is 1. The maximum atomic E-state index is 10.7. The fraction of sp³-hybridized carbons (Fsp3) is 0.400. The van der Waals surface area contributed by atoms with E-state index < -0.39 is 5.97 Å². The van der Waals surface area contributed by atoms with Crippen LogP contribution in [0, 0.1) is 0 Å². The van der Waals surface area contributed by atoms with Crippen LogP contribution in [0.15, 0.2) is 25.4 Å². The normalized spacial score (nSPS) is 14.3. The summed E-state index contributed by atoms with van der Waals surface area (Å²) in [5, 5.41) is 9.42. The Morgan fingerprint density at radius 2 is 2.21 bits per heavy atom. The molecule has 1 aliphatic rings. The van der Waals surface area contributed by atoms with Crippen molar-refractivity contribution in [3.05, 3.63) is 25.4 Å². The van der Waals surface area contributed by atoms with Crippen molar-refractivity contribution in [1.82, 2.24) is 4.90 Å². The lowest BCUT2D eigenvalue weighted by molar-refractivity contribution is -0.304. The average molecular weight is 196 g/mol. The second-order valence-electron chi connectivity index (χ2n) is 2.74. The zero-order valence-corrected chi connectivity index (χ0v) is 8.07. The van der Waals surface area contributed by atoms with E-state index in [1.54, 1.807) is 11.1 Å². The third-order valence-electron chi connectivity index (χ3n) is 1.64. The highest BCUT2D eigenvalue weighted by atomic mass is 16.4. The van der Waals surface area contributed by atoms with E-state index in [9.17, 15) is 14.7 Å². The van der Waals surface area contributed by atoms with Gasteiger partial charge in [0.15, 0.2) is 0 Å². The van der Waals surface area contributed by atoms with Gasteiger partial charge >= 0.3 is 0 Å². The Morgan fingerprint density at radius 1 is 1.57 bits per heavy atom. The van der Waals surface area contributed by atoms with Crippen molar-refractivity contribution < 1.29 is 14.7 Å². The molecule has 0 unspecified atom stereocenters. The second-order valence-corrected chi connectivity index (χ2v) is 2.74. The van der Waals surface area contributed by atoms with Gasteiger partial charge in [0.1, 0.15) is 0 Å². The van der Waals surface area contributed by atoms with Crippen LogP contribution < -0.4 is 5.11 Å². The van der Waals surface area contributed by atoms with Crippen LogP contribution in [0.25, 0.3) is 0 Å². The largest absolute Gasteiger partial charge is 0.550 e. The Balaban J connectivity index is 0.000000255. The van der Waals surface area contributed by atoms with Crippen LogP contribution in [0.3, 0.4) is 0 Å². The molecule has 0 aromatic rings. The van der Waals surface area contributed by atoms with Crippen molar-refractivity contribution in [1.29, 1.82) is 0 Å². The molecule has 0 aliphatic carbocycles. The molecule has 1 rings (SSSR count). The molecule has 1 saturated heterocycles. The summed E-state index contributed by atoms with van der Waals surface area (Å²) >= 11 is 0. The molecule has 4 nitrogen and oxygen atoms in total. The van der Waals surface area contributed by atoms with Gasteiger partial charge < -0.3 is 14.8 Å². The smallest absolute Gasteiger partial charge is 0.226 e. The Bertz CT molecular complexity index is 236. The summed E-state index contributed by atoms with van der Waals surface area (Å²) in [6.07, 6.45) is 4.52. The summed E-state index contributed by atoms with van der Waals surface area (Å²) in [6.45, 7) is 7.54. The average Bonchev–Trinajstić information content (AvgIpc) is 2.51. The quantitative estimate of drug-likeness (QED) is 0.600. The standard InChI is InChI=1S/C6H9NO.C4H6O2/c1-2-7-5-3-4-6(7)8;1-2-3-4(5)6/h2H,1,3-5H2;2H,1,3H2,(H,5,6)/p-1. The lowest BCUT2D eigenvalue weighted by atomic mass is 10.4. The molecular formula is C10H14NO3-. The van der Waals surface area contributed by atoms with Gasteiger partial charge in [-0.1, -0.05) is 12.7 Å². The SMILES string of the molecule is C=CCC(=O)[O-].C=CN1CCCC1=O. The van der Waals surface area contributed by atoms with Crippen LogP contribution in [0.1, 0.15) is 19.3 Å². The summed E-state index contributed by atoms with van der Waals surface area (Å²) in [5.74, 6) is -0.870. The molecule has 1 amide bonds. The number of amides is 1. The minimum atomic E-state index is -1.08.